The number of aromatic nitrogens is 2. The first-order valence-corrected chi connectivity index (χ1v) is 7.39. The maximum Gasteiger partial charge on any atom is 0.191 e. The van der Waals surface area contributed by atoms with Gasteiger partial charge in [-0.1, -0.05) is 0 Å². The molecule has 0 aliphatic heterocycles. The Morgan fingerprint density at radius 3 is 3.00 bits per heavy atom. The van der Waals surface area contributed by atoms with Gasteiger partial charge >= 0.3 is 0 Å². The largest absolute Gasteiger partial charge is 0.469 e. The molecule has 0 saturated heterocycles. The Labute approximate surface area is 148 Å². The Bertz CT molecular complexity index is 510. The van der Waals surface area contributed by atoms with Crippen molar-refractivity contribution in [3.05, 3.63) is 42.9 Å². The summed E-state index contributed by atoms with van der Waals surface area (Å²) < 4.78 is 7.37. The smallest absolute Gasteiger partial charge is 0.191 e. The van der Waals surface area contributed by atoms with Gasteiger partial charge in [0.1, 0.15) is 5.76 Å². The lowest BCUT2D eigenvalue weighted by molar-refractivity contribution is 0.506. The number of nitrogens with one attached hydrogen (secondary N) is 2. The van der Waals surface area contributed by atoms with Gasteiger partial charge in [-0.3, -0.25) is 4.99 Å². The van der Waals surface area contributed by atoms with Gasteiger partial charge in [0.15, 0.2) is 5.96 Å². The highest BCUT2D eigenvalue weighted by molar-refractivity contribution is 14.0. The van der Waals surface area contributed by atoms with E-state index in [0.29, 0.717) is 0 Å². The van der Waals surface area contributed by atoms with Crippen LogP contribution in [-0.4, -0.2) is 35.1 Å². The molecule has 0 amide bonds. The van der Waals surface area contributed by atoms with Gasteiger partial charge in [-0.25, -0.2) is 4.98 Å². The van der Waals surface area contributed by atoms with Crippen LogP contribution in [0.25, 0.3) is 0 Å². The fraction of sp³-hybridized carbons (Fsp3) is 0.467. The number of guanidine groups is 1. The number of halogens is 1. The van der Waals surface area contributed by atoms with Crippen LogP contribution >= 0.6 is 24.0 Å². The Morgan fingerprint density at radius 2 is 2.32 bits per heavy atom. The van der Waals surface area contributed by atoms with Crippen LogP contribution in [0.1, 0.15) is 19.1 Å². The van der Waals surface area contributed by atoms with Crippen LogP contribution in [0, 0.1) is 0 Å². The van der Waals surface area contributed by atoms with Gasteiger partial charge in [-0.05, 0) is 25.5 Å². The fourth-order valence-corrected chi connectivity index (χ4v) is 1.96. The van der Waals surface area contributed by atoms with Crippen molar-refractivity contribution >= 4 is 29.9 Å². The topological polar surface area (TPSA) is 67.4 Å². The van der Waals surface area contributed by atoms with E-state index >= 15 is 0 Å². The molecule has 0 aliphatic rings. The number of hydrogen-bond donors (Lipinski definition) is 2. The molecule has 2 aromatic rings. The number of aryl methyl sites for hydroxylation is 1. The maximum absolute atomic E-state index is 5.31. The van der Waals surface area contributed by atoms with Crippen molar-refractivity contribution in [2.75, 3.05) is 19.6 Å². The Balaban J connectivity index is 0.00000242. The molecular weight excluding hydrogens is 393 g/mol. The summed E-state index contributed by atoms with van der Waals surface area (Å²) in [6, 6.07) is 3.89. The van der Waals surface area contributed by atoms with E-state index in [4.69, 9.17) is 4.42 Å². The van der Waals surface area contributed by atoms with E-state index in [0.717, 1.165) is 50.7 Å². The number of rotatable bonds is 8. The molecule has 0 unspecified atom stereocenters. The summed E-state index contributed by atoms with van der Waals surface area (Å²) in [6.07, 6.45) is 9.14. The average molecular weight is 417 g/mol. The normalized spacial score (nSPS) is 11.0. The molecule has 122 valence electrons. The molecule has 2 aromatic heterocycles. The van der Waals surface area contributed by atoms with Crippen LogP contribution in [0.15, 0.2) is 46.5 Å². The van der Waals surface area contributed by atoms with Gasteiger partial charge in [0, 0.05) is 45.0 Å². The van der Waals surface area contributed by atoms with E-state index in [1.807, 2.05) is 24.7 Å². The zero-order valence-corrected chi connectivity index (χ0v) is 15.2. The van der Waals surface area contributed by atoms with Crippen LogP contribution in [0.3, 0.4) is 0 Å². The Hall–Kier alpha value is -1.51. The van der Waals surface area contributed by atoms with Crippen molar-refractivity contribution in [3.8, 4) is 0 Å². The van der Waals surface area contributed by atoms with Crippen molar-refractivity contribution in [1.82, 2.24) is 20.2 Å². The predicted molar refractivity (Wildman–Crippen MR) is 98.7 cm³/mol. The molecule has 0 bridgehead atoms. The first-order valence-electron chi connectivity index (χ1n) is 7.39. The highest BCUT2D eigenvalue weighted by Gasteiger charge is 1.99. The molecule has 2 rings (SSSR count). The minimum Gasteiger partial charge on any atom is -0.469 e. The summed E-state index contributed by atoms with van der Waals surface area (Å²) in [5.74, 6) is 1.84. The summed E-state index contributed by atoms with van der Waals surface area (Å²) >= 11 is 0. The van der Waals surface area contributed by atoms with Crippen LogP contribution in [0.4, 0.5) is 0 Å². The van der Waals surface area contributed by atoms with Gasteiger partial charge < -0.3 is 19.6 Å². The maximum atomic E-state index is 5.31. The van der Waals surface area contributed by atoms with Crippen LogP contribution in [-0.2, 0) is 13.0 Å². The summed E-state index contributed by atoms with van der Waals surface area (Å²) in [5.41, 5.74) is 0. The number of imidazole rings is 1. The van der Waals surface area contributed by atoms with Gasteiger partial charge in [-0.15, -0.1) is 24.0 Å². The van der Waals surface area contributed by atoms with Crippen LogP contribution in [0.2, 0.25) is 0 Å². The number of hydrogen-bond acceptors (Lipinski definition) is 3. The quantitative estimate of drug-likeness (QED) is 0.299. The van der Waals surface area contributed by atoms with Crippen molar-refractivity contribution in [2.24, 2.45) is 4.99 Å². The minimum absolute atomic E-state index is 0. The van der Waals surface area contributed by atoms with Crippen LogP contribution in [0.5, 0.6) is 0 Å². The zero-order chi connectivity index (χ0) is 14.8. The highest BCUT2D eigenvalue weighted by Crippen LogP contribution is 1.99. The molecule has 6 nitrogen and oxygen atoms in total. The van der Waals surface area contributed by atoms with Crippen molar-refractivity contribution in [2.45, 2.75) is 26.3 Å². The van der Waals surface area contributed by atoms with Crippen molar-refractivity contribution in [3.63, 3.8) is 0 Å². The summed E-state index contributed by atoms with van der Waals surface area (Å²) in [4.78, 5) is 8.59. The summed E-state index contributed by atoms with van der Waals surface area (Å²) in [7, 11) is 0. The Kier molecular flexibility index (Phi) is 9.36. The molecular formula is C15H24IN5O. The molecule has 0 aromatic carbocycles. The van der Waals surface area contributed by atoms with Crippen LogP contribution < -0.4 is 10.6 Å². The zero-order valence-electron chi connectivity index (χ0n) is 12.9. The van der Waals surface area contributed by atoms with E-state index in [9.17, 15) is 0 Å². The highest BCUT2D eigenvalue weighted by atomic mass is 127. The minimum atomic E-state index is 0. The van der Waals surface area contributed by atoms with Gasteiger partial charge in [0.05, 0.1) is 12.6 Å². The average Bonchev–Trinajstić information content (AvgIpc) is 3.17. The summed E-state index contributed by atoms with van der Waals surface area (Å²) in [5, 5.41) is 6.56. The second-order valence-corrected chi connectivity index (χ2v) is 4.67. The number of furan rings is 1. The third-order valence-corrected chi connectivity index (χ3v) is 2.99. The second-order valence-electron chi connectivity index (χ2n) is 4.67. The molecule has 0 atom stereocenters. The molecule has 22 heavy (non-hydrogen) atoms. The second kappa shape index (κ2) is 11.1. The van der Waals surface area contributed by atoms with E-state index in [1.165, 1.54) is 0 Å². The molecule has 0 spiro atoms. The molecule has 2 heterocycles. The standard InChI is InChI=1S/C15H23N5O.HI/c1-2-17-15(19-8-6-14-5-3-12-21-14)18-7-4-10-20-11-9-16-13-20;/h3,5,9,11-13H,2,4,6-8,10H2,1H3,(H2,17,18,19);1H. The summed E-state index contributed by atoms with van der Waals surface area (Å²) in [6.45, 7) is 5.45. The number of nitrogens with zero attached hydrogens (tertiary/aromatic N) is 3. The van der Waals surface area contributed by atoms with Crippen molar-refractivity contribution < 1.29 is 4.42 Å². The monoisotopic (exact) mass is 417 g/mol. The third-order valence-electron chi connectivity index (χ3n) is 2.99. The van der Waals surface area contributed by atoms with Crippen molar-refractivity contribution in [1.29, 1.82) is 0 Å². The number of aliphatic imine (C=N–C) groups is 1. The van der Waals surface area contributed by atoms with E-state index in [-0.39, 0.29) is 24.0 Å². The van der Waals surface area contributed by atoms with E-state index in [1.54, 1.807) is 12.5 Å². The first-order chi connectivity index (χ1) is 10.4. The molecule has 0 saturated carbocycles. The lowest BCUT2D eigenvalue weighted by atomic mass is 10.3. The molecule has 0 aliphatic carbocycles. The van der Waals surface area contributed by atoms with E-state index in [2.05, 4.69) is 32.1 Å². The fourth-order valence-electron chi connectivity index (χ4n) is 1.96. The molecule has 0 fully saturated rings. The third kappa shape index (κ3) is 6.97. The van der Waals surface area contributed by atoms with Gasteiger partial charge in [0.2, 0.25) is 0 Å². The van der Waals surface area contributed by atoms with E-state index < -0.39 is 0 Å². The predicted octanol–water partition coefficient (Wildman–Crippen LogP) is 2.28. The lowest BCUT2D eigenvalue weighted by Gasteiger charge is -2.10. The molecule has 0 radical (unpaired) electrons. The van der Waals surface area contributed by atoms with Gasteiger partial charge in [0.25, 0.3) is 0 Å². The Morgan fingerprint density at radius 1 is 1.41 bits per heavy atom. The van der Waals surface area contributed by atoms with Gasteiger partial charge in [-0.2, -0.15) is 0 Å². The molecule has 2 N–H and O–H groups in total. The molecule has 7 heteroatoms. The SMILES string of the molecule is CCNC(=NCCCn1ccnc1)NCCc1ccco1.I. The first kappa shape index (κ1) is 18.5. The lowest BCUT2D eigenvalue weighted by Crippen LogP contribution is -2.38.